The van der Waals surface area contributed by atoms with Crippen LogP contribution in [-0.2, 0) is 14.3 Å². The summed E-state index contributed by atoms with van der Waals surface area (Å²) in [4.78, 5) is 40.1. The van der Waals surface area contributed by atoms with E-state index < -0.39 is 0 Å². The van der Waals surface area contributed by atoms with Gasteiger partial charge in [0, 0.05) is 31.2 Å². The number of rotatable bonds is 7. The molecule has 1 aromatic carbocycles. The summed E-state index contributed by atoms with van der Waals surface area (Å²) in [7, 11) is 0. The summed E-state index contributed by atoms with van der Waals surface area (Å²) in [5.41, 5.74) is 0.592. The molecule has 27 heavy (non-hydrogen) atoms. The molecule has 7 heteroatoms. The van der Waals surface area contributed by atoms with Crippen LogP contribution >= 0.6 is 0 Å². The quantitative estimate of drug-likeness (QED) is 0.684. The van der Waals surface area contributed by atoms with Crippen LogP contribution in [0.2, 0.25) is 0 Å². The van der Waals surface area contributed by atoms with E-state index in [2.05, 4.69) is 0 Å². The molecule has 0 saturated carbocycles. The van der Waals surface area contributed by atoms with Gasteiger partial charge >= 0.3 is 12.1 Å². The first-order chi connectivity index (χ1) is 13.1. The second-order valence-corrected chi connectivity index (χ2v) is 6.34. The summed E-state index contributed by atoms with van der Waals surface area (Å²) in [6.07, 6.45) is 1.15. The smallest absolute Gasteiger partial charge is 0.409 e. The molecule has 0 unspecified atom stereocenters. The number of esters is 1. The van der Waals surface area contributed by atoms with Crippen LogP contribution in [0.25, 0.3) is 0 Å². The van der Waals surface area contributed by atoms with Gasteiger partial charge in [-0.25, -0.2) is 4.79 Å². The molecule has 0 spiro atoms. The second-order valence-electron chi connectivity index (χ2n) is 6.34. The van der Waals surface area contributed by atoms with Crippen molar-refractivity contribution in [2.75, 3.05) is 32.8 Å². The summed E-state index contributed by atoms with van der Waals surface area (Å²) in [6.45, 7) is 5.57. The van der Waals surface area contributed by atoms with Crippen LogP contribution in [0.4, 0.5) is 4.79 Å². The fourth-order valence-corrected chi connectivity index (χ4v) is 3.22. The lowest BCUT2D eigenvalue weighted by atomic mass is 10.0. The van der Waals surface area contributed by atoms with Gasteiger partial charge in [-0.2, -0.15) is 0 Å². The molecule has 0 aromatic heterocycles. The van der Waals surface area contributed by atoms with Gasteiger partial charge < -0.3 is 19.3 Å². The van der Waals surface area contributed by atoms with Crippen LogP contribution in [0, 0.1) is 0 Å². The maximum Gasteiger partial charge on any atom is 0.409 e. The Labute approximate surface area is 160 Å². The molecule has 2 amide bonds. The summed E-state index contributed by atoms with van der Waals surface area (Å²) in [5, 5.41) is 0. The first kappa shape index (κ1) is 20.7. The Morgan fingerprint density at radius 2 is 1.67 bits per heavy atom. The zero-order valence-electron chi connectivity index (χ0n) is 16.1. The molecule has 1 aromatic rings. The van der Waals surface area contributed by atoms with Crippen LogP contribution in [0.1, 0.15) is 43.5 Å². The Bertz CT molecular complexity index is 627. The highest BCUT2D eigenvalue weighted by Crippen LogP contribution is 2.20. The third kappa shape index (κ3) is 5.98. The Morgan fingerprint density at radius 1 is 1.04 bits per heavy atom. The van der Waals surface area contributed by atoms with Crippen molar-refractivity contribution in [3.63, 3.8) is 0 Å². The number of amides is 2. The minimum absolute atomic E-state index is 0.0298. The Balaban J connectivity index is 2.05. The first-order valence-electron chi connectivity index (χ1n) is 9.50. The SMILES string of the molecule is CCOC(=O)CCN(C(=O)c1ccccc1)C1CCN(C(=O)OCC)CC1. The van der Waals surface area contributed by atoms with Gasteiger partial charge in [0.1, 0.15) is 0 Å². The van der Waals surface area contributed by atoms with E-state index >= 15 is 0 Å². The number of piperidine rings is 1. The van der Waals surface area contributed by atoms with Gasteiger partial charge in [-0.05, 0) is 38.8 Å². The fourth-order valence-electron chi connectivity index (χ4n) is 3.22. The molecule has 1 saturated heterocycles. The van der Waals surface area contributed by atoms with Crippen molar-refractivity contribution in [2.45, 2.75) is 39.2 Å². The van der Waals surface area contributed by atoms with Gasteiger partial charge in [-0.3, -0.25) is 9.59 Å². The number of nitrogens with zero attached hydrogens (tertiary/aromatic N) is 2. The lowest BCUT2D eigenvalue weighted by Crippen LogP contribution is -2.49. The van der Waals surface area contributed by atoms with E-state index in [9.17, 15) is 14.4 Å². The summed E-state index contributed by atoms with van der Waals surface area (Å²) in [6, 6.07) is 9.01. The van der Waals surface area contributed by atoms with Gasteiger partial charge in [0.15, 0.2) is 0 Å². The average molecular weight is 376 g/mol. The minimum Gasteiger partial charge on any atom is -0.466 e. The molecule has 2 rings (SSSR count). The van der Waals surface area contributed by atoms with E-state index in [4.69, 9.17) is 9.47 Å². The third-order valence-corrected chi connectivity index (χ3v) is 4.58. The topological polar surface area (TPSA) is 76.2 Å². The van der Waals surface area contributed by atoms with E-state index in [0.29, 0.717) is 51.3 Å². The van der Waals surface area contributed by atoms with Crippen molar-refractivity contribution in [3.8, 4) is 0 Å². The monoisotopic (exact) mass is 376 g/mol. The summed E-state index contributed by atoms with van der Waals surface area (Å²) in [5.74, 6) is -0.415. The van der Waals surface area contributed by atoms with Crippen LogP contribution in [0.5, 0.6) is 0 Å². The van der Waals surface area contributed by atoms with E-state index in [-0.39, 0.29) is 30.4 Å². The van der Waals surface area contributed by atoms with Crippen molar-refractivity contribution >= 4 is 18.0 Å². The number of likely N-dealkylation sites (tertiary alicyclic amines) is 1. The summed E-state index contributed by atoms with van der Waals surface area (Å²) >= 11 is 0. The van der Waals surface area contributed by atoms with Crippen LogP contribution < -0.4 is 0 Å². The highest BCUT2D eigenvalue weighted by molar-refractivity contribution is 5.94. The molecular weight excluding hydrogens is 348 g/mol. The molecule has 7 nitrogen and oxygen atoms in total. The maximum absolute atomic E-state index is 13.0. The third-order valence-electron chi connectivity index (χ3n) is 4.58. The second kappa shape index (κ2) is 10.5. The van der Waals surface area contributed by atoms with Crippen molar-refractivity contribution in [1.29, 1.82) is 0 Å². The highest BCUT2D eigenvalue weighted by Gasteiger charge is 2.30. The maximum atomic E-state index is 13.0. The molecule has 0 radical (unpaired) electrons. The Kier molecular flexibility index (Phi) is 8.10. The molecule has 0 atom stereocenters. The molecular formula is C20H28N2O5. The zero-order chi connectivity index (χ0) is 19.6. The predicted octanol–water partition coefficient (Wildman–Crippen LogP) is 2.70. The minimum atomic E-state index is -0.316. The van der Waals surface area contributed by atoms with Crippen molar-refractivity contribution in [2.24, 2.45) is 0 Å². The van der Waals surface area contributed by atoms with E-state index in [1.165, 1.54) is 0 Å². The highest BCUT2D eigenvalue weighted by atomic mass is 16.6. The predicted molar refractivity (Wildman–Crippen MR) is 100 cm³/mol. The van der Waals surface area contributed by atoms with Gasteiger partial charge in [-0.1, -0.05) is 18.2 Å². The van der Waals surface area contributed by atoms with Gasteiger partial charge in [-0.15, -0.1) is 0 Å². The molecule has 0 aliphatic carbocycles. The Hall–Kier alpha value is -2.57. The molecule has 0 bridgehead atoms. The van der Waals surface area contributed by atoms with Crippen LogP contribution in [0.3, 0.4) is 0 Å². The number of benzene rings is 1. The van der Waals surface area contributed by atoms with Crippen molar-refractivity contribution in [1.82, 2.24) is 9.80 Å². The zero-order valence-corrected chi connectivity index (χ0v) is 16.1. The average Bonchev–Trinajstić information content (AvgIpc) is 2.69. The molecule has 1 aliphatic heterocycles. The fraction of sp³-hybridized carbons (Fsp3) is 0.550. The Morgan fingerprint density at radius 3 is 2.26 bits per heavy atom. The lowest BCUT2D eigenvalue weighted by molar-refractivity contribution is -0.143. The van der Waals surface area contributed by atoms with E-state index in [1.54, 1.807) is 35.8 Å². The van der Waals surface area contributed by atoms with Crippen molar-refractivity contribution < 1.29 is 23.9 Å². The van der Waals surface area contributed by atoms with Gasteiger partial charge in [0.25, 0.3) is 5.91 Å². The first-order valence-corrected chi connectivity index (χ1v) is 9.50. The van der Waals surface area contributed by atoms with Gasteiger partial charge in [0.2, 0.25) is 0 Å². The number of carbonyl (C=O) groups excluding carboxylic acids is 3. The van der Waals surface area contributed by atoms with Crippen LogP contribution in [0.15, 0.2) is 30.3 Å². The number of hydrogen-bond donors (Lipinski definition) is 0. The number of ether oxygens (including phenoxy) is 2. The van der Waals surface area contributed by atoms with Gasteiger partial charge in [0.05, 0.1) is 19.6 Å². The van der Waals surface area contributed by atoms with Crippen molar-refractivity contribution in [3.05, 3.63) is 35.9 Å². The molecule has 148 valence electrons. The normalized spacial score (nSPS) is 14.5. The number of hydrogen-bond acceptors (Lipinski definition) is 5. The molecule has 1 heterocycles. The van der Waals surface area contributed by atoms with Crippen LogP contribution in [-0.4, -0.2) is 66.7 Å². The van der Waals surface area contributed by atoms with E-state index in [0.717, 1.165) is 0 Å². The molecule has 1 fully saturated rings. The number of carbonyl (C=O) groups is 3. The lowest BCUT2D eigenvalue weighted by Gasteiger charge is -2.38. The summed E-state index contributed by atoms with van der Waals surface area (Å²) < 4.78 is 10.0. The molecule has 0 N–H and O–H groups in total. The largest absolute Gasteiger partial charge is 0.466 e. The standard InChI is InChI=1S/C20H28N2O5/c1-3-26-18(23)12-15-22(19(24)16-8-6-5-7-9-16)17-10-13-21(14-11-17)20(25)27-4-2/h5-9,17H,3-4,10-15H2,1-2H3. The molecule has 1 aliphatic rings. The van der Waals surface area contributed by atoms with E-state index in [1.807, 2.05) is 18.2 Å².